The van der Waals surface area contributed by atoms with E-state index >= 15 is 0 Å². The van der Waals surface area contributed by atoms with E-state index in [0.717, 1.165) is 23.7 Å². The van der Waals surface area contributed by atoms with Crippen LogP contribution in [0.1, 0.15) is 52.8 Å². The smallest absolute Gasteiger partial charge is 0.130 e. The Morgan fingerprint density at radius 2 is 1.59 bits per heavy atom. The lowest BCUT2D eigenvalue weighted by molar-refractivity contribution is 0.442. The predicted octanol–water partition coefficient (Wildman–Crippen LogP) is 4.94. The Morgan fingerprint density at radius 1 is 1.00 bits per heavy atom. The van der Waals surface area contributed by atoms with Gasteiger partial charge in [0.15, 0.2) is 0 Å². The third kappa shape index (κ3) is 4.12. The number of hydrogen-bond donors (Lipinski definition) is 1. The van der Waals surface area contributed by atoms with E-state index in [1.807, 2.05) is 4.68 Å². The molecular formula is C19H29N3. The van der Waals surface area contributed by atoms with Crippen LogP contribution in [0.3, 0.4) is 0 Å². The van der Waals surface area contributed by atoms with Crippen LogP contribution in [-0.4, -0.2) is 16.3 Å². The van der Waals surface area contributed by atoms with Crippen LogP contribution < -0.4 is 5.32 Å². The highest BCUT2D eigenvalue weighted by atomic mass is 15.3. The van der Waals surface area contributed by atoms with Crippen LogP contribution >= 0.6 is 0 Å². The molecule has 1 aromatic heterocycles. The molecular weight excluding hydrogens is 270 g/mol. The molecule has 0 aliphatic carbocycles. The topological polar surface area (TPSA) is 29.9 Å². The standard InChI is InChI=1S/C19H29N3/c1-14-8-10-15(11-9-14)22-17(20-13-18(2,3)4)12-16(21-22)19(5,6)7/h8-12,20H,13H2,1-7H3. The first-order chi connectivity index (χ1) is 10.1. The number of nitrogens with one attached hydrogen (secondary N) is 1. The molecule has 1 heterocycles. The van der Waals surface area contributed by atoms with Crippen molar-refractivity contribution in [1.29, 1.82) is 0 Å². The lowest BCUT2D eigenvalue weighted by Crippen LogP contribution is -2.20. The van der Waals surface area contributed by atoms with E-state index in [2.05, 4.69) is 84.1 Å². The summed E-state index contributed by atoms with van der Waals surface area (Å²) in [4.78, 5) is 0. The van der Waals surface area contributed by atoms with Gasteiger partial charge in [-0.05, 0) is 24.5 Å². The number of anilines is 1. The van der Waals surface area contributed by atoms with Crippen LogP contribution in [0.2, 0.25) is 0 Å². The monoisotopic (exact) mass is 299 g/mol. The Balaban J connectivity index is 2.41. The van der Waals surface area contributed by atoms with E-state index in [1.165, 1.54) is 5.56 Å². The molecule has 0 fully saturated rings. The van der Waals surface area contributed by atoms with Gasteiger partial charge in [0.1, 0.15) is 5.82 Å². The van der Waals surface area contributed by atoms with Crippen molar-refractivity contribution < 1.29 is 0 Å². The van der Waals surface area contributed by atoms with Crippen LogP contribution in [0.15, 0.2) is 30.3 Å². The van der Waals surface area contributed by atoms with E-state index < -0.39 is 0 Å². The number of aromatic nitrogens is 2. The van der Waals surface area contributed by atoms with Gasteiger partial charge < -0.3 is 5.32 Å². The highest BCUT2D eigenvalue weighted by Crippen LogP contribution is 2.27. The Bertz CT molecular complexity index is 622. The Hall–Kier alpha value is -1.77. The predicted molar refractivity (Wildman–Crippen MR) is 94.9 cm³/mol. The molecule has 3 nitrogen and oxygen atoms in total. The van der Waals surface area contributed by atoms with Crippen LogP contribution in [-0.2, 0) is 5.41 Å². The van der Waals surface area contributed by atoms with Crippen molar-refractivity contribution in [3.8, 4) is 5.69 Å². The molecule has 1 N–H and O–H groups in total. The van der Waals surface area contributed by atoms with Crippen LogP contribution in [0, 0.1) is 12.3 Å². The zero-order valence-corrected chi connectivity index (χ0v) is 15.0. The Labute approximate surface area is 134 Å². The SMILES string of the molecule is Cc1ccc(-n2nc(C(C)(C)C)cc2NCC(C)(C)C)cc1. The number of benzene rings is 1. The maximum Gasteiger partial charge on any atom is 0.130 e. The molecule has 3 heteroatoms. The van der Waals surface area contributed by atoms with Crippen molar-refractivity contribution in [2.75, 3.05) is 11.9 Å². The van der Waals surface area contributed by atoms with Gasteiger partial charge in [0.25, 0.3) is 0 Å². The second-order valence-corrected chi connectivity index (χ2v) is 8.33. The zero-order valence-electron chi connectivity index (χ0n) is 15.0. The van der Waals surface area contributed by atoms with Gasteiger partial charge in [-0.3, -0.25) is 0 Å². The van der Waals surface area contributed by atoms with Crippen molar-refractivity contribution >= 4 is 5.82 Å². The van der Waals surface area contributed by atoms with Crippen LogP contribution in [0.4, 0.5) is 5.82 Å². The van der Waals surface area contributed by atoms with E-state index in [1.54, 1.807) is 0 Å². The van der Waals surface area contributed by atoms with Gasteiger partial charge >= 0.3 is 0 Å². The molecule has 1 aromatic carbocycles. The molecule has 0 aliphatic heterocycles. The van der Waals surface area contributed by atoms with Gasteiger partial charge in [0, 0.05) is 18.0 Å². The lowest BCUT2D eigenvalue weighted by atomic mass is 9.92. The second kappa shape index (κ2) is 5.79. The fraction of sp³-hybridized carbons (Fsp3) is 0.526. The largest absolute Gasteiger partial charge is 0.369 e. The van der Waals surface area contributed by atoms with E-state index in [4.69, 9.17) is 5.10 Å². The van der Waals surface area contributed by atoms with Gasteiger partial charge in [-0.2, -0.15) is 5.10 Å². The molecule has 0 radical (unpaired) electrons. The number of nitrogens with zero attached hydrogens (tertiary/aromatic N) is 2. The summed E-state index contributed by atoms with van der Waals surface area (Å²) in [7, 11) is 0. The first-order valence-corrected chi connectivity index (χ1v) is 7.98. The van der Waals surface area contributed by atoms with E-state index in [-0.39, 0.29) is 10.8 Å². The first kappa shape index (κ1) is 16.6. The summed E-state index contributed by atoms with van der Waals surface area (Å²) < 4.78 is 2.02. The average molecular weight is 299 g/mol. The molecule has 120 valence electrons. The maximum atomic E-state index is 4.84. The molecule has 0 bridgehead atoms. The minimum absolute atomic E-state index is 0.0358. The van der Waals surface area contributed by atoms with Gasteiger partial charge in [0.2, 0.25) is 0 Å². The third-order valence-electron chi connectivity index (χ3n) is 3.56. The van der Waals surface area contributed by atoms with Crippen LogP contribution in [0.25, 0.3) is 5.69 Å². The molecule has 2 rings (SSSR count). The summed E-state index contributed by atoms with van der Waals surface area (Å²) >= 11 is 0. The fourth-order valence-corrected chi connectivity index (χ4v) is 2.11. The molecule has 0 amide bonds. The quantitative estimate of drug-likeness (QED) is 0.870. The van der Waals surface area contributed by atoms with Gasteiger partial charge in [-0.1, -0.05) is 59.2 Å². The minimum atomic E-state index is 0.0358. The van der Waals surface area contributed by atoms with Crippen molar-refractivity contribution in [3.05, 3.63) is 41.6 Å². The molecule has 0 aliphatic rings. The summed E-state index contributed by atoms with van der Waals surface area (Å²) in [6.07, 6.45) is 0. The number of rotatable bonds is 3. The van der Waals surface area contributed by atoms with E-state index in [9.17, 15) is 0 Å². The van der Waals surface area contributed by atoms with Gasteiger partial charge in [-0.15, -0.1) is 0 Å². The fourth-order valence-electron chi connectivity index (χ4n) is 2.11. The molecule has 0 saturated carbocycles. The average Bonchev–Trinajstić information content (AvgIpc) is 2.80. The van der Waals surface area contributed by atoms with Crippen molar-refractivity contribution in [1.82, 2.24) is 9.78 Å². The molecule has 22 heavy (non-hydrogen) atoms. The molecule has 0 unspecified atom stereocenters. The summed E-state index contributed by atoms with van der Waals surface area (Å²) in [5.41, 5.74) is 3.72. The molecule has 0 spiro atoms. The van der Waals surface area contributed by atoms with Crippen molar-refractivity contribution in [3.63, 3.8) is 0 Å². The van der Waals surface area contributed by atoms with Crippen molar-refractivity contribution in [2.24, 2.45) is 5.41 Å². The lowest BCUT2D eigenvalue weighted by Gasteiger charge is -2.20. The summed E-state index contributed by atoms with van der Waals surface area (Å²) in [6.45, 7) is 16.3. The highest BCUT2D eigenvalue weighted by Gasteiger charge is 2.21. The van der Waals surface area contributed by atoms with E-state index in [0.29, 0.717) is 0 Å². The van der Waals surface area contributed by atoms with Gasteiger partial charge in [-0.25, -0.2) is 4.68 Å². The zero-order chi connectivity index (χ0) is 16.5. The summed E-state index contributed by atoms with van der Waals surface area (Å²) in [6, 6.07) is 10.7. The summed E-state index contributed by atoms with van der Waals surface area (Å²) in [5.74, 6) is 1.06. The van der Waals surface area contributed by atoms with Crippen LogP contribution in [0.5, 0.6) is 0 Å². The molecule has 2 aromatic rings. The minimum Gasteiger partial charge on any atom is -0.369 e. The number of hydrogen-bond acceptors (Lipinski definition) is 2. The second-order valence-electron chi connectivity index (χ2n) is 8.33. The maximum absolute atomic E-state index is 4.84. The third-order valence-corrected chi connectivity index (χ3v) is 3.56. The molecule has 0 saturated heterocycles. The number of aryl methyl sites for hydroxylation is 1. The summed E-state index contributed by atoms with van der Waals surface area (Å²) in [5, 5.41) is 8.40. The highest BCUT2D eigenvalue weighted by molar-refractivity contribution is 5.48. The first-order valence-electron chi connectivity index (χ1n) is 7.98. The Kier molecular flexibility index (Phi) is 4.37. The van der Waals surface area contributed by atoms with Gasteiger partial charge in [0.05, 0.1) is 11.4 Å². The normalized spacial score (nSPS) is 12.5. The van der Waals surface area contributed by atoms with Crippen molar-refractivity contribution in [2.45, 2.75) is 53.9 Å². The Morgan fingerprint density at radius 3 is 2.09 bits per heavy atom. The molecule has 0 atom stereocenters.